The monoisotopic (exact) mass is 396 g/mol. The lowest BCUT2D eigenvalue weighted by atomic mass is 10.1. The zero-order valence-corrected chi connectivity index (χ0v) is 16.6. The van der Waals surface area contributed by atoms with E-state index in [1.54, 1.807) is 46.8 Å². The van der Waals surface area contributed by atoms with E-state index in [9.17, 15) is 8.42 Å². The average Bonchev–Trinajstić information content (AvgIpc) is 3.29. The van der Waals surface area contributed by atoms with Gasteiger partial charge in [0.25, 0.3) is 10.0 Å². The number of piperidine rings is 1. The fourth-order valence-corrected chi connectivity index (χ4v) is 5.58. The molecule has 0 spiro atoms. The van der Waals surface area contributed by atoms with E-state index in [0.717, 1.165) is 31.5 Å². The standard InChI is InChI=1S/C21H24N4O2S/c22-15-17-8-10-18(11-9-17)20-6-3-7-21(23-20)28(26,27)25-14-4-5-19(16-25)24-12-1-2-13-24/h3,6-11,19H,1-2,4-5,12-14,16H2. The molecule has 2 saturated heterocycles. The van der Waals surface area contributed by atoms with Crippen molar-refractivity contribution < 1.29 is 8.42 Å². The Bertz CT molecular complexity index is 976. The van der Waals surface area contributed by atoms with Gasteiger partial charge in [-0.1, -0.05) is 18.2 Å². The Hall–Kier alpha value is -2.27. The second-order valence-electron chi connectivity index (χ2n) is 7.45. The fraction of sp³-hybridized carbons (Fsp3) is 0.429. The second kappa shape index (κ2) is 8.00. The quantitative estimate of drug-likeness (QED) is 0.794. The van der Waals surface area contributed by atoms with Crippen molar-refractivity contribution in [2.24, 2.45) is 0 Å². The van der Waals surface area contributed by atoms with Crippen LogP contribution in [0.3, 0.4) is 0 Å². The van der Waals surface area contributed by atoms with Gasteiger partial charge in [-0.2, -0.15) is 9.57 Å². The molecule has 1 aromatic carbocycles. The third-order valence-electron chi connectivity index (χ3n) is 5.65. The van der Waals surface area contributed by atoms with Gasteiger partial charge < -0.3 is 0 Å². The Balaban J connectivity index is 1.57. The topological polar surface area (TPSA) is 77.3 Å². The van der Waals surface area contributed by atoms with Gasteiger partial charge in [0.15, 0.2) is 5.03 Å². The molecule has 28 heavy (non-hydrogen) atoms. The zero-order chi connectivity index (χ0) is 19.6. The summed E-state index contributed by atoms with van der Waals surface area (Å²) in [6.45, 7) is 3.25. The highest BCUT2D eigenvalue weighted by Gasteiger charge is 2.34. The molecule has 0 N–H and O–H groups in total. The van der Waals surface area contributed by atoms with Crippen molar-refractivity contribution >= 4 is 10.0 Å². The Morgan fingerprint density at radius 3 is 2.46 bits per heavy atom. The molecule has 0 bridgehead atoms. The lowest BCUT2D eigenvalue weighted by Gasteiger charge is -2.36. The number of hydrogen-bond donors (Lipinski definition) is 0. The maximum Gasteiger partial charge on any atom is 0.260 e. The van der Waals surface area contributed by atoms with E-state index in [2.05, 4.69) is 16.0 Å². The summed E-state index contributed by atoms with van der Waals surface area (Å²) >= 11 is 0. The highest BCUT2D eigenvalue weighted by Crippen LogP contribution is 2.26. The molecule has 0 saturated carbocycles. The summed E-state index contributed by atoms with van der Waals surface area (Å²) in [7, 11) is -3.62. The molecule has 3 heterocycles. The van der Waals surface area contributed by atoms with Crippen LogP contribution in [0.4, 0.5) is 0 Å². The molecule has 6 nitrogen and oxygen atoms in total. The molecule has 2 fully saturated rings. The molecule has 2 aliphatic heterocycles. The number of hydrogen-bond acceptors (Lipinski definition) is 5. The lowest BCUT2D eigenvalue weighted by molar-refractivity contribution is 0.162. The first-order chi connectivity index (χ1) is 13.6. The van der Waals surface area contributed by atoms with Gasteiger partial charge in [0.1, 0.15) is 0 Å². The summed E-state index contributed by atoms with van der Waals surface area (Å²) < 4.78 is 28.1. The van der Waals surface area contributed by atoms with Crippen LogP contribution in [0.1, 0.15) is 31.2 Å². The first kappa shape index (κ1) is 19.1. The number of likely N-dealkylation sites (tertiary alicyclic amines) is 1. The van der Waals surface area contributed by atoms with Crippen LogP contribution >= 0.6 is 0 Å². The number of aromatic nitrogens is 1. The predicted molar refractivity (Wildman–Crippen MR) is 107 cm³/mol. The van der Waals surface area contributed by atoms with Crippen molar-refractivity contribution in [1.29, 1.82) is 5.26 Å². The summed E-state index contributed by atoms with van der Waals surface area (Å²) in [6, 6.07) is 14.5. The third-order valence-corrected chi connectivity index (χ3v) is 7.42. The minimum Gasteiger partial charge on any atom is -0.299 e. The third kappa shape index (κ3) is 3.81. The maximum atomic E-state index is 13.2. The van der Waals surface area contributed by atoms with Crippen LogP contribution in [0.2, 0.25) is 0 Å². The van der Waals surface area contributed by atoms with Crippen LogP contribution in [0.5, 0.6) is 0 Å². The summed E-state index contributed by atoms with van der Waals surface area (Å²) in [5, 5.41) is 9.03. The number of pyridine rings is 1. The Morgan fingerprint density at radius 1 is 1.00 bits per heavy atom. The van der Waals surface area contributed by atoms with E-state index >= 15 is 0 Å². The van der Waals surface area contributed by atoms with Gasteiger partial charge in [-0.3, -0.25) is 4.90 Å². The van der Waals surface area contributed by atoms with Gasteiger partial charge in [-0.25, -0.2) is 13.4 Å². The summed E-state index contributed by atoms with van der Waals surface area (Å²) in [4.78, 5) is 6.87. The number of sulfonamides is 1. The van der Waals surface area contributed by atoms with Crippen molar-refractivity contribution in [2.45, 2.75) is 36.8 Å². The minimum atomic E-state index is -3.62. The largest absolute Gasteiger partial charge is 0.299 e. The number of nitriles is 1. The number of rotatable bonds is 4. The van der Waals surface area contributed by atoms with E-state index < -0.39 is 10.0 Å². The average molecular weight is 397 g/mol. The highest BCUT2D eigenvalue weighted by atomic mass is 32.2. The molecule has 7 heteroatoms. The van der Waals surface area contributed by atoms with E-state index in [0.29, 0.717) is 30.4 Å². The van der Waals surface area contributed by atoms with Gasteiger partial charge in [0.2, 0.25) is 0 Å². The molecule has 2 aromatic rings. The van der Waals surface area contributed by atoms with E-state index in [-0.39, 0.29) is 5.03 Å². The van der Waals surface area contributed by atoms with Crippen molar-refractivity contribution in [3.63, 3.8) is 0 Å². The summed E-state index contributed by atoms with van der Waals surface area (Å²) in [5.41, 5.74) is 1.96. The Labute approximate surface area is 166 Å². The normalized spacial score (nSPS) is 21.5. The first-order valence-electron chi connectivity index (χ1n) is 9.80. The summed E-state index contributed by atoms with van der Waals surface area (Å²) in [6.07, 6.45) is 4.36. The van der Waals surface area contributed by atoms with Crippen molar-refractivity contribution in [3.8, 4) is 17.3 Å². The minimum absolute atomic E-state index is 0.0939. The summed E-state index contributed by atoms with van der Waals surface area (Å²) in [5.74, 6) is 0. The van der Waals surface area contributed by atoms with Gasteiger partial charge in [-0.15, -0.1) is 0 Å². The molecule has 0 amide bonds. The van der Waals surface area contributed by atoms with Gasteiger partial charge in [0, 0.05) is 24.7 Å². The smallest absolute Gasteiger partial charge is 0.260 e. The van der Waals surface area contributed by atoms with Crippen LogP contribution in [0, 0.1) is 11.3 Å². The molecule has 146 valence electrons. The van der Waals surface area contributed by atoms with Crippen LogP contribution in [0.25, 0.3) is 11.3 Å². The molecule has 1 aromatic heterocycles. The predicted octanol–water partition coefficient (Wildman–Crippen LogP) is 2.87. The molecule has 2 aliphatic rings. The van der Waals surface area contributed by atoms with Crippen molar-refractivity contribution in [2.75, 3.05) is 26.2 Å². The molecular weight excluding hydrogens is 372 g/mol. The molecule has 1 unspecified atom stereocenters. The molecule has 1 atom stereocenters. The van der Waals surface area contributed by atoms with Gasteiger partial charge in [-0.05, 0) is 63.0 Å². The van der Waals surface area contributed by atoms with E-state index in [4.69, 9.17) is 5.26 Å². The van der Waals surface area contributed by atoms with Crippen LogP contribution in [-0.2, 0) is 10.0 Å². The van der Waals surface area contributed by atoms with Gasteiger partial charge >= 0.3 is 0 Å². The fourth-order valence-electron chi connectivity index (χ4n) is 4.11. The van der Waals surface area contributed by atoms with E-state index in [1.165, 1.54) is 12.8 Å². The van der Waals surface area contributed by atoms with Crippen LogP contribution < -0.4 is 0 Å². The van der Waals surface area contributed by atoms with Crippen molar-refractivity contribution in [3.05, 3.63) is 48.0 Å². The highest BCUT2D eigenvalue weighted by molar-refractivity contribution is 7.89. The lowest BCUT2D eigenvalue weighted by Crippen LogP contribution is -2.49. The number of benzene rings is 1. The van der Waals surface area contributed by atoms with Gasteiger partial charge in [0.05, 0.1) is 17.3 Å². The molecular formula is C21H24N4O2S. The van der Waals surface area contributed by atoms with Crippen LogP contribution in [0.15, 0.2) is 47.5 Å². The zero-order valence-electron chi connectivity index (χ0n) is 15.8. The Kier molecular flexibility index (Phi) is 5.44. The molecule has 0 aliphatic carbocycles. The number of nitrogens with zero attached hydrogens (tertiary/aromatic N) is 4. The SMILES string of the molecule is N#Cc1ccc(-c2cccc(S(=O)(=O)N3CCCC(N4CCCC4)C3)n2)cc1. The maximum absolute atomic E-state index is 13.2. The van der Waals surface area contributed by atoms with Crippen molar-refractivity contribution in [1.82, 2.24) is 14.2 Å². The second-order valence-corrected chi connectivity index (χ2v) is 9.34. The molecule has 4 rings (SSSR count). The molecule has 0 radical (unpaired) electrons. The van der Waals surface area contributed by atoms with E-state index in [1.807, 2.05) is 0 Å². The Morgan fingerprint density at radius 2 is 1.75 bits per heavy atom. The van der Waals surface area contributed by atoms with Crippen LogP contribution in [-0.4, -0.2) is 54.8 Å². The first-order valence-corrected chi connectivity index (χ1v) is 11.2.